The van der Waals surface area contributed by atoms with Gasteiger partial charge in [0.2, 0.25) is 0 Å². The number of hydrogen-bond acceptors (Lipinski definition) is 7. The highest BCUT2D eigenvalue weighted by Gasteiger charge is 2.37. The zero-order chi connectivity index (χ0) is 29.1. The number of ether oxygens (including phenoxy) is 3. The molecule has 3 rings (SSSR count). The number of aryl methyl sites for hydroxylation is 2. The molecule has 0 aliphatic heterocycles. The van der Waals surface area contributed by atoms with Crippen LogP contribution < -0.4 is 4.90 Å². The number of fused-ring (bicyclic) bond motifs is 1. The molecule has 0 bridgehead atoms. The van der Waals surface area contributed by atoms with Crippen molar-refractivity contribution in [3.8, 4) is 0 Å². The SMILES string of the molecule is COC(=O)c1cn2c(C)c(C)nc2c(N(C(=O)OC(C)(C)C)C(=O)OC(C)(C)C)c1CC=Cc1ccccc1. The number of hydrogen-bond donors (Lipinski definition) is 0. The van der Waals surface area contributed by atoms with Crippen LogP contribution in [0.3, 0.4) is 0 Å². The number of amides is 2. The van der Waals surface area contributed by atoms with Crippen LogP contribution in [0, 0.1) is 13.8 Å². The molecule has 2 amide bonds. The van der Waals surface area contributed by atoms with Gasteiger partial charge in [0.1, 0.15) is 16.9 Å². The minimum Gasteiger partial charge on any atom is -0.465 e. The van der Waals surface area contributed by atoms with Gasteiger partial charge in [-0.05, 0) is 67.4 Å². The quantitative estimate of drug-likeness (QED) is 0.266. The molecule has 9 heteroatoms. The molecule has 3 aromatic rings. The predicted octanol–water partition coefficient (Wildman–Crippen LogP) is 6.67. The number of carbonyl (C=O) groups is 3. The van der Waals surface area contributed by atoms with Gasteiger partial charge in [0, 0.05) is 17.5 Å². The number of methoxy groups -OCH3 is 1. The Morgan fingerprint density at radius 1 is 0.949 bits per heavy atom. The van der Waals surface area contributed by atoms with Gasteiger partial charge in [-0.3, -0.25) is 0 Å². The van der Waals surface area contributed by atoms with Crippen molar-refractivity contribution >= 4 is 35.6 Å². The highest BCUT2D eigenvalue weighted by atomic mass is 16.6. The van der Waals surface area contributed by atoms with E-state index in [1.165, 1.54) is 7.11 Å². The summed E-state index contributed by atoms with van der Waals surface area (Å²) in [4.78, 5) is 45.9. The van der Waals surface area contributed by atoms with Gasteiger partial charge in [0.15, 0.2) is 5.65 Å². The second-order valence-corrected chi connectivity index (χ2v) is 11.2. The molecule has 0 atom stereocenters. The monoisotopic (exact) mass is 535 g/mol. The van der Waals surface area contributed by atoms with Crippen molar-refractivity contribution < 1.29 is 28.6 Å². The number of imide groups is 1. The highest BCUT2D eigenvalue weighted by Crippen LogP contribution is 2.34. The first-order chi connectivity index (χ1) is 18.1. The lowest BCUT2D eigenvalue weighted by Crippen LogP contribution is -2.44. The van der Waals surface area contributed by atoms with E-state index in [1.54, 1.807) is 52.1 Å². The zero-order valence-corrected chi connectivity index (χ0v) is 24.1. The van der Waals surface area contributed by atoms with Crippen molar-refractivity contribution in [2.24, 2.45) is 0 Å². The van der Waals surface area contributed by atoms with Gasteiger partial charge in [0.05, 0.1) is 18.4 Å². The van der Waals surface area contributed by atoms with Gasteiger partial charge in [-0.25, -0.2) is 19.4 Å². The lowest BCUT2D eigenvalue weighted by Gasteiger charge is -2.30. The fourth-order valence-corrected chi connectivity index (χ4v) is 3.90. The van der Waals surface area contributed by atoms with Gasteiger partial charge in [0.25, 0.3) is 0 Å². The largest absolute Gasteiger partial charge is 0.465 e. The van der Waals surface area contributed by atoms with Crippen molar-refractivity contribution in [1.29, 1.82) is 0 Å². The molecule has 2 heterocycles. The molecule has 0 N–H and O–H groups in total. The number of nitrogens with zero attached hydrogens (tertiary/aromatic N) is 3. The fraction of sp³-hybridized carbons (Fsp3) is 0.400. The summed E-state index contributed by atoms with van der Waals surface area (Å²) in [6.45, 7) is 13.8. The summed E-state index contributed by atoms with van der Waals surface area (Å²) in [6.07, 6.45) is 3.64. The second kappa shape index (κ2) is 11.3. The van der Waals surface area contributed by atoms with Crippen LogP contribution in [0.5, 0.6) is 0 Å². The molecular formula is C30H37N3O6. The Labute approximate surface area is 229 Å². The topological polar surface area (TPSA) is 99.4 Å². The smallest absolute Gasteiger partial charge is 0.424 e. The zero-order valence-electron chi connectivity index (χ0n) is 24.1. The third-order valence-corrected chi connectivity index (χ3v) is 5.68. The molecule has 2 aromatic heterocycles. The number of rotatable bonds is 5. The highest BCUT2D eigenvalue weighted by molar-refractivity contribution is 6.14. The molecule has 1 aromatic carbocycles. The predicted molar refractivity (Wildman–Crippen MR) is 150 cm³/mol. The second-order valence-electron chi connectivity index (χ2n) is 11.2. The molecule has 208 valence electrons. The summed E-state index contributed by atoms with van der Waals surface area (Å²) in [7, 11) is 1.28. The maximum Gasteiger partial charge on any atom is 0.424 e. The number of aromatic nitrogens is 2. The lowest BCUT2D eigenvalue weighted by atomic mass is 10.0. The van der Waals surface area contributed by atoms with Crippen LogP contribution in [0.2, 0.25) is 0 Å². The van der Waals surface area contributed by atoms with Crippen LogP contribution in [-0.2, 0) is 20.6 Å². The van der Waals surface area contributed by atoms with Gasteiger partial charge in [-0.15, -0.1) is 0 Å². The fourth-order valence-electron chi connectivity index (χ4n) is 3.90. The van der Waals surface area contributed by atoms with E-state index in [-0.39, 0.29) is 17.7 Å². The van der Waals surface area contributed by atoms with Crippen molar-refractivity contribution in [2.75, 3.05) is 12.0 Å². The van der Waals surface area contributed by atoms with Crippen LogP contribution in [0.1, 0.15) is 74.4 Å². The summed E-state index contributed by atoms with van der Waals surface area (Å²) < 4.78 is 18.1. The van der Waals surface area contributed by atoms with Gasteiger partial charge < -0.3 is 18.6 Å². The average Bonchev–Trinajstić information content (AvgIpc) is 3.11. The molecular weight excluding hydrogens is 498 g/mol. The van der Waals surface area contributed by atoms with Crippen molar-refractivity contribution in [3.63, 3.8) is 0 Å². The number of esters is 1. The number of anilines is 1. The van der Waals surface area contributed by atoms with Gasteiger partial charge >= 0.3 is 18.2 Å². The van der Waals surface area contributed by atoms with Crippen molar-refractivity contribution in [1.82, 2.24) is 9.38 Å². The summed E-state index contributed by atoms with van der Waals surface area (Å²) >= 11 is 0. The number of allylic oxidation sites excluding steroid dienone is 1. The third kappa shape index (κ3) is 7.04. The average molecular weight is 536 g/mol. The Kier molecular flexibility index (Phi) is 8.53. The molecule has 39 heavy (non-hydrogen) atoms. The van der Waals surface area contributed by atoms with Crippen molar-refractivity contribution in [3.05, 3.63) is 70.7 Å². The number of carbonyl (C=O) groups excluding carboxylic acids is 3. The van der Waals surface area contributed by atoms with E-state index in [0.717, 1.165) is 16.2 Å². The van der Waals surface area contributed by atoms with E-state index >= 15 is 0 Å². The number of pyridine rings is 1. The van der Waals surface area contributed by atoms with Gasteiger partial charge in [-0.1, -0.05) is 42.5 Å². The molecule has 0 saturated carbocycles. The summed E-state index contributed by atoms with van der Waals surface area (Å²) in [5.74, 6) is -0.625. The van der Waals surface area contributed by atoms with Crippen LogP contribution in [0.15, 0.2) is 42.6 Å². The molecule has 0 aliphatic rings. The third-order valence-electron chi connectivity index (χ3n) is 5.68. The van der Waals surface area contributed by atoms with E-state index in [9.17, 15) is 14.4 Å². The standard InChI is InChI=1S/C30H37N3O6/c1-19-20(2)32-18-23(26(34)37-9)22(17-13-16-21-14-11-10-12-15-21)24(25(32)31-19)33(27(35)38-29(3,4)5)28(36)39-30(6,7)8/h10-16,18H,17H2,1-9H3. The molecule has 0 aliphatic carbocycles. The van der Waals surface area contributed by atoms with E-state index in [2.05, 4.69) is 4.98 Å². The van der Waals surface area contributed by atoms with Crippen LogP contribution in [0.25, 0.3) is 11.7 Å². The minimum absolute atomic E-state index is 0.0929. The Hall–Kier alpha value is -4.14. The van der Waals surface area contributed by atoms with Gasteiger partial charge in [-0.2, -0.15) is 4.90 Å². The summed E-state index contributed by atoms with van der Waals surface area (Å²) in [5, 5.41) is 0. The van der Waals surface area contributed by atoms with E-state index < -0.39 is 29.4 Å². The number of benzene rings is 1. The first-order valence-electron chi connectivity index (χ1n) is 12.7. The molecule has 0 radical (unpaired) electrons. The maximum absolute atomic E-state index is 13.7. The maximum atomic E-state index is 13.7. The number of imidazole rings is 1. The lowest BCUT2D eigenvalue weighted by molar-refractivity contribution is 0.0428. The minimum atomic E-state index is -0.952. The molecule has 0 saturated heterocycles. The molecule has 0 unspecified atom stereocenters. The Morgan fingerprint density at radius 2 is 1.51 bits per heavy atom. The Balaban J connectivity index is 2.37. The normalized spacial score (nSPS) is 12.0. The Bertz CT molecular complexity index is 1380. The summed E-state index contributed by atoms with van der Waals surface area (Å²) in [6, 6.07) is 9.63. The van der Waals surface area contributed by atoms with Crippen LogP contribution >= 0.6 is 0 Å². The molecule has 9 nitrogen and oxygen atoms in total. The van der Waals surface area contributed by atoms with E-state index in [4.69, 9.17) is 14.2 Å². The van der Waals surface area contributed by atoms with E-state index in [0.29, 0.717) is 16.9 Å². The van der Waals surface area contributed by atoms with Crippen molar-refractivity contribution in [2.45, 2.75) is 73.0 Å². The molecule has 0 spiro atoms. The summed E-state index contributed by atoms with van der Waals surface area (Å²) in [5.41, 5.74) is 1.45. The van der Waals surface area contributed by atoms with E-state index in [1.807, 2.05) is 56.3 Å². The van der Waals surface area contributed by atoms with Crippen LogP contribution in [0.4, 0.5) is 15.3 Å². The molecule has 0 fully saturated rings. The van der Waals surface area contributed by atoms with Crippen LogP contribution in [-0.4, -0.2) is 45.9 Å². The first kappa shape index (κ1) is 29.4. The first-order valence-corrected chi connectivity index (χ1v) is 12.7. The Morgan fingerprint density at radius 3 is 2.03 bits per heavy atom.